The second kappa shape index (κ2) is 6.64. The molecule has 0 aromatic heterocycles. The number of hydrogen-bond acceptors (Lipinski definition) is 2. The highest BCUT2D eigenvalue weighted by atomic mass is 16.4. The first-order valence-electron chi connectivity index (χ1n) is 8.59. The van der Waals surface area contributed by atoms with Gasteiger partial charge in [-0.25, -0.2) is 9.64 Å². The number of amides is 1. The van der Waals surface area contributed by atoms with Crippen molar-refractivity contribution in [1.29, 1.82) is 0 Å². The van der Waals surface area contributed by atoms with E-state index in [1.54, 1.807) is 12.1 Å². The van der Waals surface area contributed by atoms with Crippen molar-refractivity contribution in [2.24, 2.45) is 0 Å². The first-order valence-corrected chi connectivity index (χ1v) is 8.59. The maximum atomic E-state index is 12.4. The first kappa shape index (κ1) is 16.5. The quantitative estimate of drug-likeness (QED) is 0.813. The lowest BCUT2D eigenvalue weighted by Crippen LogP contribution is -2.55. The number of carboxylic acids is 1. The summed E-state index contributed by atoms with van der Waals surface area (Å²) >= 11 is 0. The van der Waals surface area contributed by atoms with Gasteiger partial charge in [0, 0.05) is 0 Å². The van der Waals surface area contributed by atoms with E-state index in [0.29, 0.717) is 24.4 Å². The van der Waals surface area contributed by atoms with Crippen LogP contribution in [0.4, 0.5) is 5.69 Å². The number of nitrogens with one attached hydrogen (secondary N) is 1. The molecule has 2 aliphatic carbocycles. The Hall–Kier alpha value is -2.35. The van der Waals surface area contributed by atoms with Crippen LogP contribution in [0.15, 0.2) is 18.2 Å². The van der Waals surface area contributed by atoms with Gasteiger partial charge in [-0.15, -0.1) is 0 Å². The van der Waals surface area contributed by atoms with Gasteiger partial charge in [-0.05, 0) is 42.7 Å². The predicted octanol–water partition coefficient (Wildman–Crippen LogP) is 3.56. The van der Waals surface area contributed by atoms with Gasteiger partial charge in [0.15, 0.2) is 5.69 Å². The summed E-state index contributed by atoms with van der Waals surface area (Å²) in [5.41, 5.74) is 1.43. The van der Waals surface area contributed by atoms with Crippen molar-refractivity contribution < 1.29 is 14.7 Å². The van der Waals surface area contributed by atoms with Crippen molar-refractivity contribution in [3.63, 3.8) is 0 Å². The average molecular weight is 326 g/mol. The van der Waals surface area contributed by atoms with E-state index in [-0.39, 0.29) is 12.3 Å². The fourth-order valence-corrected chi connectivity index (χ4v) is 3.58. The zero-order valence-electron chi connectivity index (χ0n) is 13.7. The molecule has 126 valence electrons. The Bertz CT molecular complexity index is 695. The molecule has 5 nitrogen and oxygen atoms in total. The van der Waals surface area contributed by atoms with Crippen molar-refractivity contribution in [3.8, 4) is 0 Å². The normalized spacial score (nSPS) is 19.3. The van der Waals surface area contributed by atoms with E-state index < -0.39 is 11.5 Å². The van der Waals surface area contributed by atoms with E-state index in [2.05, 4.69) is 10.2 Å². The summed E-state index contributed by atoms with van der Waals surface area (Å²) in [5.74, 6) is -0.741. The van der Waals surface area contributed by atoms with Gasteiger partial charge in [0.1, 0.15) is 5.54 Å². The number of carbonyl (C=O) groups is 2. The summed E-state index contributed by atoms with van der Waals surface area (Å²) in [6.07, 6.45) is 6.04. The average Bonchev–Trinajstić information content (AvgIpc) is 3.40. The molecule has 0 atom stereocenters. The van der Waals surface area contributed by atoms with Gasteiger partial charge in [-0.1, -0.05) is 37.5 Å². The Kier molecular flexibility index (Phi) is 4.57. The summed E-state index contributed by atoms with van der Waals surface area (Å²) in [5, 5.41) is 12.3. The highest BCUT2D eigenvalue weighted by molar-refractivity contribution is 5.88. The third-order valence-electron chi connectivity index (χ3n) is 5.09. The molecule has 5 heteroatoms. The Morgan fingerprint density at radius 2 is 1.96 bits per heavy atom. The van der Waals surface area contributed by atoms with Crippen molar-refractivity contribution >= 4 is 17.6 Å². The summed E-state index contributed by atoms with van der Waals surface area (Å²) in [4.78, 5) is 27.6. The number of nitrogens with zero attached hydrogens (tertiary/aromatic N) is 1. The summed E-state index contributed by atoms with van der Waals surface area (Å²) < 4.78 is 0. The van der Waals surface area contributed by atoms with Crippen molar-refractivity contribution in [3.05, 3.63) is 40.7 Å². The van der Waals surface area contributed by atoms with E-state index in [0.717, 1.165) is 43.2 Å². The van der Waals surface area contributed by atoms with Gasteiger partial charge in [0.25, 0.3) is 0 Å². The summed E-state index contributed by atoms with van der Waals surface area (Å²) in [6.45, 7) is 7.24. The number of hydrogen-bond donors (Lipinski definition) is 2. The number of aliphatic carboxylic acids is 1. The van der Waals surface area contributed by atoms with E-state index in [9.17, 15) is 14.7 Å². The van der Waals surface area contributed by atoms with Crippen molar-refractivity contribution in [1.82, 2.24) is 5.32 Å². The monoisotopic (exact) mass is 326 g/mol. The van der Waals surface area contributed by atoms with Gasteiger partial charge in [-0.3, -0.25) is 4.79 Å². The molecule has 24 heavy (non-hydrogen) atoms. The van der Waals surface area contributed by atoms with E-state index >= 15 is 0 Å². The Morgan fingerprint density at radius 1 is 1.25 bits per heavy atom. The minimum Gasteiger partial charge on any atom is -0.480 e. The summed E-state index contributed by atoms with van der Waals surface area (Å²) in [7, 11) is 0. The highest BCUT2D eigenvalue weighted by Crippen LogP contribution is 2.44. The molecule has 1 aromatic rings. The minimum atomic E-state index is -1.11. The molecule has 0 radical (unpaired) electrons. The Balaban J connectivity index is 1.71. The molecule has 2 N–H and O–H groups in total. The maximum Gasteiger partial charge on any atom is 0.329 e. The zero-order valence-corrected chi connectivity index (χ0v) is 13.7. The van der Waals surface area contributed by atoms with E-state index in [4.69, 9.17) is 6.57 Å². The van der Waals surface area contributed by atoms with Gasteiger partial charge in [0.05, 0.1) is 13.0 Å². The SMILES string of the molecule is [C-]#[N+]c1ccc(CC(=O)NC2(C(=O)O)CCCCC2)cc1C1CC1. The van der Waals surface area contributed by atoms with E-state index in [1.807, 2.05) is 6.07 Å². The highest BCUT2D eigenvalue weighted by Gasteiger charge is 2.40. The molecule has 2 saturated carbocycles. The molecule has 0 aliphatic heterocycles. The molecular weight excluding hydrogens is 304 g/mol. The molecule has 0 saturated heterocycles. The predicted molar refractivity (Wildman–Crippen MR) is 90.0 cm³/mol. The standard InChI is InChI=1S/C19H22N2O3/c1-20-16-8-5-13(11-15(16)14-6-7-14)12-17(22)21-19(18(23)24)9-3-2-4-10-19/h5,8,11,14H,2-4,6-7,9-10,12H2,(H,21,22)(H,23,24). The van der Waals surface area contributed by atoms with Crippen LogP contribution in [0.25, 0.3) is 4.85 Å². The van der Waals surface area contributed by atoms with Gasteiger partial charge in [-0.2, -0.15) is 0 Å². The molecule has 2 fully saturated rings. The third-order valence-corrected chi connectivity index (χ3v) is 5.09. The smallest absolute Gasteiger partial charge is 0.329 e. The molecule has 0 bridgehead atoms. The molecule has 0 unspecified atom stereocenters. The molecule has 0 heterocycles. The Morgan fingerprint density at radius 3 is 2.54 bits per heavy atom. The topological polar surface area (TPSA) is 70.8 Å². The van der Waals surface area contributed by atoms with Crippen molar-refractivity contribution in [2.45, 2.75) is 62.8 Å². The van der Waals surface area contributed by atoms with Crippen LogP contribution in [0.3, 0.4) is 0 Å². The number of carbonyl (C=O) groups excluding carboxylic acids is 1. The van der Waals surface area contributed by atoms with Gasteiger partial charge < -0.3 is 10.4 Å². The lowest BCUT2D eigenvalue weighted by atomic mass is 9.81. The molecule has 0 spiro atoms. The number of carboxylic acid groups (broad SMARTS) is 1. The molecular formula is C19H22N2O3. The van der Waals surface area contributed by atoms with Gasteiger partial charge in [0.2, 0.25) is 5.91 Å². The van der Waals surface area contributed by atoms with Crippen LogP contribution in [-0.2, 0) is 16.0 Å². The molecule has 3 rings (SSSR count). The second-order valence-corrected chi connectivity index (χ2v) is 6.95. The van der Waals surface area contributed by atoms with Crippen LogP contribution in [0.2, 0.25) is 0 Å². The fourth-order valence-electron chi connectivity index (χ4n) is 3.58. The van der Waals surface area contributed by atoms with Crippen LogP contribution in [0.1, 0.15) is 62.0 Å². The lowest BCUT2D eigenvalue weighted by Gasteiger charge is -2.34. The molecule has 2 aliphatic rings. The third kappa shape index (κ3) is 3.43. The number of benzene rings is 1. The van der Waals surface area contributed by atoms with Crippen LogP contribution in [0, 0.1) is 6.57 Å². The largest absolute Gasteiger partial charge is 0.480 e. The first-order chi connectivity index (χ1) is 11.5. The van der Waals surface area contributed by atoms with Crippen LogP contribution < -0.4 is 5.32 Å². The van der Waals surface area contributed by atoms with Crippen LogP contribution >= 0.6 is 0 Å². The van der Waals surface area contributed by atoms with Crippen LogP contribution in [0.5, 0.6) is 0 Å². The molecule has 1 aromatic carbocycles. The zero-order chi connectivity index (χ0) is 17.2. The van der Waals surface area contributed by atoms with Crippen LogP contribution in [-0.4, -0.2) is 22.5 Å². The number of rotatable bonds is 5. The molecule has 1 amide bonds. The van der Waals surface area contributed by atoms with Gasteiger partial charge >= 0.3 is 5.97 Å². The minimum absolute atomic E-state index is 0.160. The lowest BCUT2D eigenvalue weighted by molar-refractivity contribution is -0.149. The fraction of sp³-hybridized carbons (Fsp3) is 0.526. The maximum absolute atomic E-state index is 12.4. The summed E-state index contributed by atoms with van der Waals surface area (Å²) in [6, 6.07) is 5.52. The second-order valence-electron chi connectivity index (χ2n) is 6.95. The Labute approximate surface area is 141 Å². The van der Waals surface area contributed by atoms with Crippen molar-refractivity contribution in [2.75, 3.05) is 0 Å². The van der Waals surface area contributed by atoms with E-state index in [1.165, 1.54) is 0 Å².